The van der Waals surface area contributed by atoms with E-state index in [2.05, 4.69) is 57.2 Å². The van der Waals surface area contributed by atoms with Crippen molar-refractivity contribution in [2.45, 2.75) is 57.5 Å². The lowest BCUT2D eigenvalue weighted by molar-refractivity contribution is 0.0226. The molecule has 0 spiro atoms. The van der Waals surface area contributed by atoms with E-state index < -0.39 is 0 Å². The topological polar surface area (TPSA) is 18.5 Å². The van der Waals surface area contributed by atoms with Gasteiger partial charge in [0.1, 0.15) is 0 Å². The van der Waals surface area contributed by atoms with E-state index in [4.69, 9.17) is 0 Å². The van der Waals surface area contributed by atoms with Gasteiger partial charge in [0.15, 0.2) is 0 Å². The third kappa shape index (κ3) is 3.05. The average molecular weight is 281 g/mol. The molecule has 0 aromatic rings. The third-order valence-corrected chi connectivity index (χ3v) is 6.13. The average Bonchev–Trinajstić information content (AvgIpc) is 2.58. The Balaban J connectivity index is 1.90. The normalized spacial score (nSPS) is 31.8. The van der Waals surface area contributed by atoms with E-state index in [0.717, 1.165) is 5.92 Å². The van der Waals surface area contributed by atoms with E-state index in [-0.39, 0.29) is 0 Å². The highest BCUT2D eigenvalue weighted by Gasteiger charge is 2.43. The van der Waals surface area contributed by atoms with Gasteiger partial charge in [0.25, 0.3) is 0 Å². The Labute approximate surface area is 126 Å². The minimum Gasteiger partial charge on any atom is -0.316 e. The lowest BCUT2D eigenvalue weighted by Crippen LogP contribution is -2.57. The maximum Gasteiger partial charge on any atom is 0.0330 e. The Morgan fingerprint density at radius 3 is 2.20 bits per heavy atom. The predicted octanol–water partition coefficient (Wildman–Crippen LogP) is 2.43. The van der Waals surface area contributed by atoms with Crippen LogP contribution < -0.4 is 5.32 Å². The third-order valence-electron chi connectivity index (χ3n) is 6.13. The minimum absolute atomic E-state index is 0.454. The van der Waals surface area contributed by atoms with Crippen molar-refractivity contribution in [2.24, 2.45) is 11.3 Å². The molecule has 2 unspecified atom stereocenters. The standard InChI is InChI=1S/C17H35N3/c1-16(2)11-8-14(15(16)18-3)12-20(6)13-17(19(4)5)9-7-10-17/h14-15,18H,7-13H2,1-6H3. The molecule has 1 N–H and O–H groups in total. The van der Waals surface area contributed by atoms with Crippen LogP contribution in [0.25, 0.3) is 0 Å². The molecule has 2 atom stereocenters. The second kappa shape index (κ2) is 5.94. The van der Waals surface area contributed by atoms with Gasteiger partial charge in [-0.3, -0.25) is 0 Å². The zero-order valence-electron chi connectivity index (χ0n) is 14.5. The van der Waals surface area contributed by atoms with Crippen LogP contribution in [0.15, 0.2) is 0 Å². The van der Waals surface area contributed by atoms with E-state index in [9.17, 15) is 0 Å². The predicted molar refractivity (Wildman–Crippen MR) is 87.1 cm³/mol. The summed E-state index contributed by atoms with van der Waals surface area (Å²) in [5, 5.41) is 3.59. The maximum atomic E-state index is 3.59. The minimum atomic E-state index is 0.454. The molecular formula is C17H35N3. The fourth-order valence-corrected chi connectivity index (χ4v) is 4.64. The van der Waals surface area contributed by atoms with Crippen LogP contribution in [0.3, 0.4) is 0 Å². The fraction of sp³-hybridized carbons (Fsp3) is 1.00. The van der Waals surface area contributed by atoms with E-state index in [0.29, 0.717) is 17.0 Å². The fourth-order valence-electron chi connectivity index (χ4n) is 4.64. The van der Waals surface area contributed by atoms with Gasteiger partial charge in [0, 0.05) is 24.7 Å². The molecule has 0 saturated heterocycles. The molecule has 20 heavy (non-hydrogen) atoms. The van der Waals surface area contributed by atoms with Crippen LogP contribution in [0.2, 0.25) is 0 Å². The van der Waals surface area contributed by atoms with E-state index in [1.807, 2.05) is 0 Å². The highest BCUT2D eigenvalue weighted by Crippen LogP contribution is 2.42. The van der Waals surface area contributed by atoms with Crippen molar-refractivity contribution < 1.29 is 0 Å². The molecule has 3 nitrogen and oxygen atoms in total. The molecule has 2 rings (SSSR count). The first-order valence-corrected chi connectivity index (χ1v) is 8.34. The number of likely N-dealkylation sites (N-methyl/N-ethyl adjacent to an activating group) is 2. The van der Waals surface area contributed by atoms with Crippen molar-refractivity contribution >= 4 is 0 Å². The van der Waals surface area contributed by atoms with Crippen LogP contribution >= 0.6 is 0 Å². The summed E-state index contributed by atoms with van der Waals surface area (Å²) in [7, 11) is 8.96. The molecule has 2 aliphatic rings. The summed E-state index contributed by atoms with van der Waals surface area (Å²) >= 11 is 0. The first-order chi connectivity index (χ1) is 9.31. The smallest absolute Gasteiger partial charge is 0.0330 e. The highest BCUT2D eigenvalue weighted by atomic mass is 15.2. The largest absolute Gasteiger partial charge is 0.316 e. The monoisotopic (exact) mass is 281 g/mol. The Kier molecular flexibility index (Phi) is 4.83. The molecule has 0 aliphatic heterocycles. The van der Waals surface area contributed by atoms with Gasteiger partial charge >= 0.3 is 0 Å². The molecule has 0 bridgehead atoms. The molecule has 0 amide bonds. The molecule has 118 valence electrons. The van der Waals surface area contributed by atoms with Crippen LogP contribution in [0.1, 0.15) is 46.0 Å². The number of rotatable bonds is 6. The number of nitrogens with one attached hydrogen (secondary N) is 1. The Hall–Kier alpha value is -0.120. The Morgan fingerprint density at radius 2 is 1.75 bits per heavy atom. The lowest BCUT2D eigenvalue weighted by atomic mass is 9.75. The van der Waals surface area contributed by atoms with E-state index >= 15 is 0 Å². The second-order valence-corrected chi connectivity index (χ2v) is 8.22. The van der Waals surface area contributed by atoms with Gasteiger partial charge in [0.05, 0.1) is 0 Å². The van der Waals surface area contributed by atoms with Gasteiger partial charge in [-0.05, 0) is 71.6 Å². The first kappa shape index (κ1) is 16.3. The zero-order chi connectivity index (χ0) is 15.0. The van der Waals surface area contributed by atoms with Crippen molar-refractivity contribution in [1.82, 2.24) is 15.1 Å². The van der Waals surface area contributed by atoms with E-state index in [1.165, 1.54) is 45.2 Å². The van der Waals surface area contributed by atoms with Gasteiger partial charge in [-0.15, -0.1) is 0 Å². The molecule has 2 aliphatic carbocycles. The number of hydrogen-bond donors (Lipinski definition) is 1. The quantitative estimate of drug-likeness (QED) is 0.807. The first-order valence-electron chi connectivity index (χ1n) is 8.34. The molecule has 3 heteroatoms. The van der Waals surface area contributed by atoms with Gasteiger partial charge in [-0.2, -0.15) is 0 Å². The van der Waals surface area contributed by atoms with Crippen LogP contribution in [-0.4, -0.2) is 62.7 Å². The van der Waals surface area contributed by atoms with Gasteiger partial charge in [0.2, 0.25) is 0 Å². The molecule has 2 saturated carbocycles. The summed E-state index contributed by atoms with van der Waals surface area (Å²) < 4.78 is 0. The van der Waals surface area contributed by atoms with Crippen LogP contribution in [0.5, 0.6) is 0 Å². The molecule has 0 aromatic heterocycles. The highest BCUT2D eigenvalue weighted by molar-refractivity contribution is 5.00. The van der Waals surface area contributed by atoms with Gasteiger partial charge < -0.3 is 15.1 Å². The van der Waals surface area contributed by atoms with Crippen molar-refractivity contribution in [3.8, 4) is 0 Å². The van der Waals surface area contributed by atoms with Crippen LogP contribution in [0, 0.1) is 11.3 Å². The molecule has 0 aromatic carbocycles. The molecule has 2 fully saturated rings. The van der Waals surface area contributed by atoms with Crippen LogP contribution in [-0.2, 0) is 0 Å². The Morgan fingerprint density at radius 1 is 1.10 bits per heavy atom. The van der Waals surface area contributed by atoms with Crippen LogP contribution in [0.4, 0.5) is 0 Å². The van der Waals surface area contributed by atoms with Crippen molar-refractivity contribution in [3.63, 3.8) is 0 Å². The number of nitrogens with zero attached hydrogens (tertiary/aromatic N) is 2. The summed E-state index contributed by atoms with van der Waals surface area (Å²) in [4.78, 5) is 5.05. The maximum absolute atomic E-state index is 3.59. The number of hydrogen-bond acceptors (Lipinski definition) is 3. The second-order valence-electron chi connectivity index (χ2n) is 8.22. The summed E-state index contributed by atoms with van der Waals surface area (Å²) in [6, 6.07) is 0.668. The van der Waals surface area contributed by atoms with Crippen molar-refractivity contribution in [3.05, 3.63) is 0 Å². The summed E-state index contributed by atoms with van der Waals surface area (Å²) in [5.74, 6) is 0.805. The molecular weight excluding hydrogens is 246 g/mol. The SMILES string of the molecule is CNC1C(CN(C)CC2(N(C)C)CCC2)CCC1(C)C. The van der Waals surface area contributed by atoms with Crippen molar-refractivity contribution in [1.29, 1.82) is 0 Å². The summed E-state index contributed by atoms with van der Waals surface area (Å²) in [5.41, 5.74) is 0.911. The Bertz CT molecular complexity index is 320. The van der Waals surface area contributed by atoms with E-state index in [1.54, 1.807) is 0 Å². The zero-order valence-corrected chi connectivity index (χ0v) is 14.5. The van der Waals surface area contributed by atoms with Crippen molar-refractivity contribution in [2.75, 3.05) is 41.3 Å². The summed E-state index contributed by atoms with van der Waals surface area (Å²) in [6.07, 6.45) is 6.88. The van der Waals surface area contributed by atoms with Gasteiger partial charge in [-0.25, -0.2) is 0 Å². The summed E-state index contributed by atoms with van der Waals surface area (Å²) in [6.45, 7) is 7.31. The molecule has 0 radical (unpaired) electrons. The molecule has 0 heterocycles. The lowest BCUT2D eigenvalue weighted by Gasteiger charge is -2.49. The van der Waals surface area contributed by atoms with Gasteiger partial charge in [-0.1, -0.05) is 13.8 Å².